The van der Waals surface area contributed by atoms with Crippen molar-refractivity contribution < 1.29 is 4.79 Å². The van der Waals surface area contributed by atoms with E-state index in [2.05, 4.69) is 10.3 Å². The highest BCUT2D eigenvalue weighted by Crippen LogP contribution is 1.87. The SMILES string of the molecule is C/C=N\C(C)=C/NC=O. The van der Waals surface area contributed by atoms with Gasteiger partial charge in [0.05, 0.1) is 5.70 Å². The molecular weight excluding hydrogens is 116 g/mol. The average Bonchev–Trinajstić information content (AvgIpc) is 1.85. The van der Waals surface area contributed by atoms with Crippen LogP contribution in [0.4, 0.5) is 0 Å². The predicted octanol–water partition coefficient (Wildman–Crippen LogP) is 0.684. The Morgan fingerprint density at radius 1 is 1.67 bits per heavy atom. The van der Waals surface area contributed by atoms with Gasteiger partial charge in [-0.05, 0) is 13.8 Å². The highest BCUT2D eigenvalue weighted by Gasteiger charge is 1.76. The Bertz CT molecular complexity index is 138. The fourth-order valence-corrected chi connectivity index (χ4v) is 0.396. The molecule has 9 heavy (non-hydrogen) atoms. The molecule has 0 bridgehead atoms. The van der Waals surface area contributed by atoms with E-state index in [0.717, 1.165) is 5.70 Å². The van der Waals surface area contributed by atoms with Gasteiger partial charge in [0.15, 0.2) is 0 Å². The molecule has 0 rings (SSSR count). The lowest BCUT2D eigenvalue weighted by Gasteiger charge is -1.87. The van der Waals surface area contributed by atoms with Gasteiger partial charge in [-0.1, -0.05) is 0 Å². The smallest absolute Gasteiger partial charge is 0.211 e. The zero-order valence-corrected chi connectivity index (χ0v) is 5.59. The minimum Gasteiger partial charge on any atom is -0.333 e. The number of carbonyl (C=O) groups excluding carboxylic acids is 1. The number of carbonyl (C=O) groups is 1. The van der Waals surface area contributed by atoms with Gasteiger partial charge in [0.1, 0.15) is 0 Å². The molecule has 0 aromatic rings. The molecule has 0 fully saturated rings. The highest BCUT2D eigenvalue weighted by atomic mass is 16.1. The number of allylic oxidation sites excluding steroid dienone is 1. The van der Waals surface area contributed by atoms with Crippen LogP contribution in [0.25, 0.3) is 0 Å². The van der Waals surface area contributed by atoms with Crippen molar-refractivity contribution >= 4 is 12.6 Å². The standard InChI is InChI=1S/C6H10N2O/c1-3-8-6(2)4-7-5-9/h3-5H,1-2H3,(H,7,9)/b6-4-,8-3-. The zero-order chi connectivity index (χ0) is 7.11. The first kappa shape index (κ1) is 7.88. The summed E-state index contributed by atoms with van der Waals surface area (Å²) < 4.78 is 0. The van der Waals surface area contributed by atoms with Crippen molar-refractivity contribution in [3.05, 3.63) is 11.9 Å². The number of nitrogens with one attached hydrogen (secondary N) is 1. The molecule has 0 unspecified atom stereocenters. The second-order valence-corrected chi connectivity index (χ2v) is 1.46. The van der Waals surface area contributed by atoms with E-state index >= 15 is 0 Å². The van der Waals surface area contributed by atoms with Gasteiger partial charge in [-0.2, -0.15) is 0 Å². The van der Waals surface area contributed by atoms with Crippen molar-refractivity contribution in [2.75, 3.05) is 0 Å². The van der Waals surface area contributed by atoms with Crippen LogP contribution >= 0.6 is 0 Å². The molecule has 0 aliphatic rings. The van der Waals surface area contributed by atoms with Gasteiger partial charge in [0, 0.05) is 12.4 Å². The molecule has 0 saturated carbocycles. The predicted molar refractivity (Wildman–Crippen MR) is 37.1 cm³/mol. The van der Waals surface area contributed by atoms with Crippen LogP contribution in [0, 0.1) is 0 Å². The first-order valence-corrected chi connectivity index (χ1v) is 2.66. The van der Waals surface area contributed by atoms with Crippen LogP contribution in [0.2, 0.25) is 0 Å². The second kappa shape index (κ2) is 5.03. The monoisotopic (exact) mass is 126 g/mol. The third-order valence-electron chi connectivity index (χ3n) is 0.693. The first-order valence-electron chi connectivity index (χ1n) is 2.66. The van der Waals surface area contributed by atoms with Gasteiger partial charge in [0.2, 0.25) is 6.41 Å². The van der Waals surface area contributed by atoms with Crippen LogP contribution in [0.1, 0.15) is 13.8 Å². The summed E-state index contributed by atoms with van der Waals surface area (Å²) in [7, 11) is 0. The number of hydrogen-bond donors (Lipinski definition) is 1. The third kappa shape index (κ3) is 4.74. The summed E-state index contributed by atoms with van der Waals surface area (Å²) in [4.78, 5) is 13.6. The number of rotatable bonds is 3. The number of hydrogen-bond acceptors (Lipinski definition) is 2. The molecule has 1 N–H and O–H groups in total. The molecule has 0 aromatic heterocycles. The molecule has 0 spiro atoms. The molecule has 0 aromatic carbocycles. The topological polar surface area (TPSA) is 41.5 Å². The lowest BCUT2D eigenvalue weighted by atomic mass is 10.5. The molecule has 0 aliphatic heterocycles. The van der Waals surface area contributed by atoms with Crippen LogP contribution < -0.4 is 5.32 Å². The molecule has 0 atom stereocenters. The van der Waals surface area contributed by atoms with E-state index in [9.17, 15) is 4.79 Å². The third-order valence-corrected chi connectivity index (χ3v) is 0.693. The van der Waals surface area contributed by atoms with Crippen molar-refractivity contribution in [2.45, 2.75) is 13.8 Å². The summed E-state index contributed by atoms with van der Waals surface area (Å²) in [6.45, 7) is 3.62. The van der Waals surface area contributed by atoms with E-state index in [1.807, 2.05) is 6.92 Å². The number of aliphatic imine (C=N–C) groups is 1. The molecule has 0 saturated heterocycles. The maximum atomic E-state index is 9.71. The van der Waals surface area contributed by atoms with Crippen LogP contribution in [0.5, 0.6) is 0 Å². The Kier molecular flexibility index (Phi) is 4.40. The van der Waals surface area contributed by atoms with Crippen molar-refractivity contribution in [3.63, 3.8) is 0 Å². The average molecular weight is 126 g/mol. The maximum absolute atomic E-state index is 9.71. The summed E-state index contributed by atoms with van der Waals surface area (Å²) in [5.41, 5.74) is 0.782. The lowest BCUT2D eigenvalue weighted by Crippen LogP contribution is -1.99. The van der Waals surface area contributed by atoms with Gasteiger partial charge in [-0.3, -0.25) is 9.79 Å². The zero-order valence-electron chi connectivity index (χ0n) is 5.59. The Balaban J connectivity index is 3.68. The van der Waals surface area contributed by atoms with Gasteiger partial charge in [-0.15, -0.1) is 0 Å². The van der Waals surface area contributed by atoms with Crippen LogP contribution in [0.15, 0.2) is 16.9 Å². The fourth-order valence-electron chi connectivity index (χ4n) is 0.396. The molecule has 1 amide bonds. The highest BCUT2D eigenvalue weighted by molar-refractivity contribution is 5.55. The quantitative estimate of drug-likeness (QED) is 0.438. The molecular formula is C6H10N2O. The number of nitrogens with zero attached hydrogens (tertiary/aromatic N) is 1. The Labute approximate surface area is 54.5 Å². The normalized spacial score (nSPS) is 12.0. The van der Waals surface area contributed by atoms with Gasteiger partial charge >= 0.3 is 0 Å². The minimum absolute atomic E-state index is 0.606. The minimum atomic E-state index is 0.606. The number of amides is 1. The van der Waals surface area contributed by atoms with Crippen molar-refractivity contribution in [1.82, 2.24) is 5.32 Å². The molecule has 0 heterocycles. The van der Waals surface area contributed by atoms with E-state index in [4.69, 9.17) is 0 Å². The van der Waals surface area contributed by atoms with Crippen LogP contribution in [-0.2, 0) is 4.79 Å². The van der Waals surface area contributed by atoms with Crippen molar-refractivity contribution in [2.24, 2.45) is 4.99 Å². The molecule has 50 valence electrons. The van der Waals surface area contributed by atoms with E-state index in [-0.39, 0.29) is 0 Å². The van der Waals surface area contributed by atoms with Gasteiger partial charge in [0.25, 0.3) is 0 Å². The Hall–Kier alpha value is -1.12. The molecule has 3 heteroatoms. The maximum Gasteiger partial charge on any atom is 0.211 e. The Morgan fingerprint density at radius 2 is 2.33 bits per heavy atom. The van der Waals surface area contributed by atoms with Gasteiger partial charge < -0.3 is 5.32 Å². The van der Waals surface area contributed by atoms with E-state index < -0.39 is 0 Å². The van der Waals surface area contributed by atoms with E-state index in [1.165, 1.54) is 6.20 Å². The second-order valence-electron chi connectivity index (χ2n) is 1.46. The van der Waals surface area contributed by atoms with Crippen molar-refractivity contribution in [3.8, 4) is 0 Å². The summed E-state index contributed by atoms with van der Waals surface area (Å²) in [5.74, 6) is 0. The van der Waals surface area contributed by atoms with E-state index in [1.54, 1.807) is 13.1 Å². The fraction of sp³-hybridized carbons (Fsp3) is 0.333. The van der Waals surface area contributed by atoms with Gasteiger partial charge in [-0.25, -0.2) is 0 Å². The summed E-state index contributed by atoms with van der Waals surface area (Å²) in [6.07, 6.45) is 3.81. The van der Waals surface area contributed by atoms with E-state index in [0.29, 0.717) is 6.41 Å². The summed E-state index contributed by atoms with van der Waals surface area (Å²) in [5, 5.41) is 2.38. The summed E-state index contributed by atoms with van der Waals surface area (Å²) >= 11 is 0. The lowest BCUT2D eigenvalue weighted by molar-refractivity contribution is -0.108. The largest absolute Gasteiger partial charge is 0.333 e. The summed E-state index contributed by atoms with van der Waals surface area (Å²) in [6, 6.07) is 0. The van der Waals surface area contributed by atoms with Crippen molar-refractivity contribution in [1.29, 1.82) is 0 Å². The first-order chi connectivity index (χ1) is 4.31. The van der Waals surface area contributed by atoms with Crippen LogP contribution in [0.3, 0.4) is 0 Å². The Morgan fingerprint density at radius 3 is 2.78 bits per heavy atom. The molecule has 0 aliphatic carbocycles. The van der Waals surface area contributed by atoms with Crippen LogP contribution in [-0.4, -0.2) is 12.6 Å². The molecule has 3 nitrogen and oxygen atoms in total. The molecule has 0 radical (unpaired) electrons.